The first kappa shape index (κ1) is 62.0. The zero-order valence-corrected chi connectivity index (χ0v) is 42.6. The first-order valence-corrected chi connectivity index (χ1v) is 27.4. The Morgan fingerprint density at radius 2 is 0.862 bits per heavy atom. The Labute approximate surface area is 402 Å². The molecule has 0 saturated carbocycles. The highest BCUT2D eigenvalue weighted by molar-refractivity contribution is 5.77. The van der Waals surface area contributed by atoms with Crippen LogP contribution < -0.4 is 5.32 Å². The van der Waals surface area contributed by atoms with Crippen LogP contribution in [-0.4, -0.2) is 46.9 Å². The second-order valence-electron chi connectivity index (χ2n) is 18.4. The smallest absolute Gasteiger partial charge is 0.306 e. The molecule has 0 spiro atoms. The number of aliphatic hydroxyl groups is 2. The molecule has 0 radical (unpaired) electrons. The summed E-state index contributed by atoms with van der Waals surface area (Å²) in [7, 11) is 0. The van der Waals surface area contributed by atoms with E-state index in [0.717, 1.165) is 70.6 Å². The summed E-state index contributed by atoms with van der Waals surface area (Å²) >= 11 is 0. The number of nitrogens with one attached hydrogen (secondary N) is 1. The van der Waals surface area contributed by atoms with Crippen LogP contribution in [0.5, 0.6) is 0 Å². The van der Waals surface area contributed by atoms with Crippen molar-refractivity contribution in [3.8, 4) is 0 Å². The number of hydrogen-bond acceptors (Lipinski definition) is 5. The van der Waals surface area contributed by atoms with Crippen molar-refractivity contribution in [2.45, 2.75) is 270 Å². The summed E-state index contributed by atoms with van der Waals surface area (Å²) in [4.78, 5) is 26.2. The monoisotopic (exact) mass is 906 g/mol. The number of ether oxygens (including phenoxy) is 1. The molecule has 0 aromatic heterocycles. The summed E-state index contributed by atoms with van der Waals surface area (Å²) < 4.78 is 5.90. The SMILES string of the molecule is CC\C=C/C=C/C=C/C=C\C=C\C=C\CCCC(CC(=O)NC(CO)C(O)CCCCCCCCCCCCCCCCCCC)OC(=O)CCCCC/C=C\CCCCCCCCC. The lowest BCUT2D eigenvalue weighted by atomic mass is 10.0. The molecular weight excluding hydrogens is 803 g/mol. The number of rotatable bonds is 48. The van der Waals surface area contributed by atoms with Crippen molar-refractivity contribution in [2.75, 3.05) is 6.61 Å². The second kappa shape index (κ2) is 52.0. The maximum Gasteiger partial charge on any atom is 0.306 e. The molecule has 3 N–H and O–H groups in total. The van der Waals surface area contributed by atoms with E-state index in [9.17, 15) is 19.8 Å². The van der Waals surface area contributed by atoms with Crippen LogP contribution in [0.1, 0.15) is 252 Å². The van der Waals surface area contributed by atoms with E-state index in [0.29, 0.717) is 19.3 Å². The van der Waals surface area contributed by atoms with Gasteiger partial charge in [-0.2, -0.15) is 0 Å². The van der Waals surface area contributed by atoms with Gasteiger partial charge < -0.3 is 20.3 Å². The molecule has 3 atom stereocenters. The molecule has 6 heteroatoms. The standard InChI is InChI=1S/C59H103NO5/c1-4-7-10-13-16-19-22-25-28-29-31-33-36-39-42-45-48-51-57(62)56(54-61)60-58(63)53-55(50-47-44-41-38-35-32-30-26-23-20-17-14-11-8-5-2)65-59(64)52-49-46-43-40-37-34-27-24-21-18-15-12-9-6-3/h8,11,14,17,20,23,26,30,32,34-35,37-38,41,55-57,61-62H,4-7,9-10,12-13,15-16,18-19,21-22,24-25,27-29,31,33,36,39-40,42-54H2,1-3H3,(H,60,63)/b11-8-,17-14+,23-20+,30-26-,35-32+,37-34-,41-38+. The number of carbonyl (C=O) groups is 2. The highest BCUT2D eigenvalue weighted by Gasteiger charge is 2.24. The summed E-state index contributed by atoms with van der Waals surface area (Å²) in [5, 5.41) is 23.8. The van der Waals surface area contributed by atoms with E-state index >= 15 is 0 Å². The van der Waals surface area contributed by atoms with Crippen LogP contribution in [0.2, 0.25) is 0 Å². The molecule has 0 aromatic carbocycles. The molecule has 374 valence electrons. The molecule has 6 nitrogen and oxygen atoms in total. The van der Waals surface area contributed by atoms with E-state index in [1.807, 2.05) is 60.8 Å². The molecule has 0 bridgehead atoms. The molecule has 0 aliphatic heterocycles. The maximum absolute atomic E-state index is 13.2. The van der Waals surface area contributed by atoms with Gasteiger partial charge in [0, 0.05) is 6.42 Å². The van der Waals surface area contributed by atoms with E-state index in [2.05, 4.69) is 50.4 Å². The number of hydrogen-bond donors (Lipinski definition) is 3. The summed E-state index contributed by atoms with van der Waals surface area (Å²) in [6, 6.07) is -0.733. The minimum atomic E-state index is -0.815. The van der Waals surface area contributed by atoms with Crippen molar-refractivity contribution >= 4 is 11.9 Å². The molecule has 0 saturated heterocycles. The molecule has 0 aromatic rings. The van der Waals surface area contributed by atoms with Crippen molar-refractivity contribution < 1.29 is 24.5 Å². The van der Waals surface area contributed by atoms with Gasteiger partial charge in [0.2, 0.25) is 5.91 Å². The van der Waals surface area contributed by atoms with Gasteiger partial charge in [0.15, 0.2) is 0 Å². The molecule has 0 rings (SSSR count). The predicted octanol–water partition coefficient (Wildman–Crippen LogP) is 16.7. The summed E-state index contributed by atoms with van der Waals surface area (Å²) in [5.41, 5.74) is 0. The van der Waals surface area contributed by atoms with Gasteiger partial charge in [0.1, 0.15) is 6.10 Å². The molecule has 0 aliphatic rings. The Bertz CT molecular complexity index is 1250. The Morgan fingerprint density at radius 1 is 0.462 bits per heavy atom. The molecular formula is C59H103NO5. The molecule has 0 aliphatic carbocycles. The predicted molar refractivity (Wildman–Crippen MR) is 282 cm³/mol. The van der Waals surface area contributed by atoms with Crippen LogP contribution in [0.3, 0.4) is 0 Å². The number of esters is 1. The van der Waals surface area contributed by atoms with Crippen molar-refractivity contribution in [1.82, 2.24) is 5.32 Å². The Hall–Kier alpha value is -2.96. The maximum atomic E-state index is 13.2. The quantitative estimate of drug-likeness (QED) is 0.0245. The molecule has 3 unspecified atom stereocenters. The highest BCUT2D eigenvalue weighted by atomic mass is 16.5. The van der Waals surface area contributed by atoms with Gasteiger partial charge in [0.25, 0.3) is 0 Å². The third-order valence-electron chi connectivity index (χ3n) is 12.1. The van der Waals surface area contributed by atoms with Gasteiger partial charge in [-0.3, -0.25) is 9.59 Å². The van der Waals surface area contributed by atoms with Crippen LogP contribution in [0, 0.1) is 0 Å². The van der Waals surface area contributed by atoms with Gasteiger partial charge in [0.05, 0.1) is 25.2 Å². The van der Waals surface area contributed by atoms with Crippen LogP contribution in [0.25, 0.3) is 0 Å². The van der Waals surface area contributed by atoms with E-state index in [4.69, 9.17) is 4.74 Å². The third kappa shape index (κ3) is 47.3. The van der Waals surface area contributed by atoms with Crippen molar-refractivity contribution in [2.24, 2.45) is 0 Å². The largest absolute Gasteiger partial charge is 0.462 e. The van der Waals surface area contributed by atoms with Crippen molar-refractivity contribution in [3.63, 3.8) is 0 Å². The van der Waals surface area contributed by atoms with E-state index < -0.39 is 18.2 Å². The number of unbranched alkanes of at least 4 members (excludes halogenated alkanes) is 27. The molecule has 1 amide bonds. The lowest BCUT2D eigenvalue weighted by molar-refractivity contribution is -0.151. The molecule has 65 heavy (non-hydrogen) atoms. The van der Waals surface area contributed by atoms with Gasteiger partial charge >= 0.3 is 5.97 Å². The third-order valence-corrected chi connectivity index (χ3v) is 12.1. The topological polar surface area (TPSA) is 95.9 Å². The first-order chi connectivity index (χ1) is 32.0. The van der Waals surface area contributed by atoms with E-state index in [1.54, 1.807) is 0 Å². The van der Waals surface area contributed by atoms with Gasteiger partial charge in [-0.25, -0.2) is 0 Å². The van der Waals surface area contributed by atoms with Crippen LogP contribution >= 0.6 is 0 Å². The lowest BCUT2D eigenvalue weighted by Crippen LogP contribution is -2.46. The minimum Gasteiger partial charge on any atom is -0.462 e. The average molecular weight is 906 g/mol. The fourth-order valence-electron chi connectivity index (χ4n) is 7.99. The zero-order chi connectivity index (χ0) is 47.4. The zero-order valence-electron chi connectivity index (χ0n) is 42.6. The molecule has 0 fully saturated rings. The summed E-state index contributed by atoms with van der Waals surface area (Å²) in [6.07, 6.45) is 67.9. The molecule has 0 heterocycles. The van der Waals surface area contributed by atoms with Crippen molar-refractivity contribution in [3.05, 3.63) is 85.1 Å². The summed E-state index contributed by atoms with van der Waals surface area (Å²) in [5.74, 6) is -0.569. The fourth-order valence-corrected chi connectivity index (χ4v) is 7.99. The Kier molecular flexibility index (Phi) is 49.6. The highest BCUT2D eigenvalue weighted by Crippen LogP contribution is 2.17. The van der Waals surface area contributed by atoms with Crippen molar-refractivity contribution in [1.29, 1.82) is 0 Å². The number of aliphatic hydroxyl groups excluding tert-OH is 2. The van der Waals surface area contributed by atoms with Gasteiger partial charge in [-0.15, -0.1) is 0 Å². The van der Waals surface area contributed by atoms with Crippen LogP contribution in [0.15, 0.2) is 85.1 Å². The van der Waals surface area contributed by atoms with Crippen LogP contribution in [-0.2, 0) is 14.3 Å². The lowest BCUT2D eigenvalue weighted by Gasteiger charge is -2.24. The minimum absolute atomic E-state index is 0.0175. The Morgan fingerprint density at radius 3 is 1.32 bits per heavy atom. The fraction of sp³-hybridized carbons (Fsp3) is 0.729. The normalized spacial score (nSPS) is 13.9. The number of amides is 1. The Balaban J connectivity index is 4.68. The van der Waals surface area contributed by atoms with Crippen LogP contribution in [0.4, 0.5) is 0 Å². The van der Waals surface area contributed by atoms with E-state index in [1.165, 1.54) is 135 Å². The van der Waals surface area contributed by atoms with Gasteiger partial charge in [-0.05, 0) is 64.2 Å². The van der Waals surface area contributed by atoms with Gasteiger partial charge in [-0.1, -0.05) is 260 Å². The number of carbonyl (C=O) groups excluding carboxylic acids is 2. The number of allylic oxidation sites excluding steroid dienone is 14. The second-order valence-corrected chi connectivity index (χ2v) is 18.4. The average Bonchev–Trinajstić information content (AvgIpc) is 3.30. The summed E-state index contributed by atoms with van der Waals surface area (Å²) in [6.45, 7) is 6.32. The first-order valence-electron chi connectivity index (χ1n) is 27.4. The van der Waals surface area contributed by atoms with E-state index in [-0.39, 0.29) is 24.9 Å².